The van der Waals surface area contributed by atoms with E-state index in [1.165, 1.54) is 0 Å². The largest absolute Gasteiger partial charge is 0.481 e. The Balaban J connectivity index is 1.53. The molecule has 300 valence electrons. The number of carbonyl (C=O) groups is 2. The van der Waals surface area contributed by atoms with Gasteiger partial charge in [-0.2, -0.15) is 4.89 Å². The second kappa shape index (κ2) is 17.6. The molecular formula is C41H70O11. The average Bonchev–Trinajstić information content (AvgIpc) is 3.47. The van der Waals surface area contributed by atoms with Gasteiger partial charge in [-0.3, -0.25) is 9.59 Å². The van der Waals surface area contributed by atoms with Crippen molar-refractivity contribution in [3.8, 4) is 0 Å². The van der Waals surface area contributed by atoms with Crippen LogP contribution < -0.4 is 0 Å². The van der Waals surface area contributed by atoms with E-state index in [1.54, 1.807) is 13.0 Å². The molecule has 4 heterocycles. The number of aliphatic hydroxyl groups is 3. The molecule has 0 aromatic heterocycles. The van der Waals surface area contributed by atoms with Gasteiger partial charge in [0.2, 0.25) is 5.79 Å². The summed E-state index contributed by atoms with van der Waals surface area (Å²) in [6.45, 7) is 19.4. The third kappa shape index (κ3) is 8.99. The van der Waals surface area contributed by atoms with Gasteiger partial charge in [-0.05, 0) is 89.4 Å². The summed E-state index contributed by atoms with van der Waals surface area (Å²) in [5.74, 6) is -4.90. The molecule has 0 amide bonds. The molecule has 0 radical (unpaired) electrons. The fraction of sp³-hybridized carbons (Fsp3) is 0.902. The Hall–Kier alpha value is -1.44. The van der Waals surface area contributed by atoms with Gasteiger partial charge in [0.15, 0.2) is 0 Å². The predicted molar refractivity (Wildman–Crippen MR) is 196 cm³/mol. The van der Waals surface area contributed by atoms with Gasteiger partial charge in [0.25, 0.3) is 0 Å². The standard InChI is InChI=1S/C41H70O11/c1-11-29(38(45)46)31-16-15-24(5)36(49-31)27(8)34(43)26(7)35(44)30(12-2)37-25(6)22-23(4)14-17-32(42)41(52-50-37)21-20-39(10,51-41)33-18-19-40(47,13-3)28(9)48-33/h14,17,23-34,36-37,42-43,47H,11-13,15-16,18-22H2,1-10H3,(H,45,46)/b17-14-/t23-,24-,25-,26-,27-,28-,29+,30-,31+,32+,33+,34+,36+,37-,39-,40+,41-/m0/s1. The maximum absolute atomic E-state index is 14.4. The summed E-state index contributed by atoms with van der Waals surface area (Å²) < 4.78 is 19.5. The van der Waals surface area contributed by atoms with E-state index in [9.17, 15) is 30.0 Å². The molecule has 4 aliphatic heterocycles. The second-order valence-corrected chi connectivity index (χ2v) is 17.3. The zero-order valence-corrected chi connectivity index (χ0v) is 33.5. The smallest absolute Gasteiger partial charge is 0.309 e. The summed E-state index contributed by atoms with van der Waals surface area (Å²) in [7, 11) is 0. The molecule has 0 saturated carbocycles. The number of aliphatic carboxylic acids is 1. The Morgan fingerprint density at radius 2 is 1.56 bits per heavy atom. The topological polar surface area (TPSA) is 161 Å². The molecule has 0 bridgehead atoms. The monoisotopic (exact) mass is 738 g/mol. The van der Waals surface area contributed by atoms with Crippen LogP contribution in [0.4, 0.5) is 0 Å². The molecule has 11 heteroatoms. The zero-order chi connectivity index (χ0) is 38.8. The minimum Gasteiger partial charge on any atom is -0.481 e. The predicted octanol–water partition coefficient (Wildman–Crippen LogP) is 6.39. The van der Waals surface area contributed by atoms with Crippen LogP contribution in [-0.4, -0.2) is 91.9 Å². The first-order valence-corrected chi connectivity index (χ1v) is 20.3. The van der Waals surface area contributed by atoms with Crippen molar-refractivity contribution < 1.29 is 54.0 Å². The number of allylic oxidation sites excluding steroid dienone is 1. The summed E-state index contributed by atoms with van der Waals surface area (Å²) in [5.41, 5.74) is -1.71. The van der Waals surface area contributed by atoms with Gasteiger partial charge in [-0.1, -0.05) is 67.5 Å². The van der Waals surface area contributed by atoms with E-state index in [1.807, 2.05) is 54.5 Å². The maximum atomic E-state index is 14.4. The van der Waals surface area contributed by atoms with E-state index in [2.05, 4.69) is 13.8 Å². The SMILES string of the molecule is CC[C@@H](C(=O)[C@@H](C)[C@@H](O)[C@H](C)[C@@H]1O[C@@H]([C@@H](CC)C(=O)O)CC[C@@H]1C)[C@H]1OO[C@@]2(CC[C@@](C)([C@H]3CC[C@](O)(CC)[C@H](C)O3)O2)[C@H](O)/C=C\[C@H](C)C[C@@H]1C. The van der Waals surface area contributed by atoms with Crippen LogP contribution in [0.3, 0.4) is 0 Å². The average molecular weight is 739 g/mol. The van der Waals surface area contributed by atoms with Crippen LogP contribution >= 0.6 is 0 Å². The first-order chi connectivity index (χ1) is 24.4. The fourth-order valence-corrected chi connectivity index (χ4v) is 9.62. The van der Waals surface area contributed by atoms with Gasteiger partial charge >= 0.3 is 5.97 Å². The number of carbonyl (C=O) groups excluding carboxylic acids is 1. The van der Waals surface area contributed by atoms with Crippen LogP contribution in [-0.2, 0) is 33.6 Å². The van der Waals surface area contributed by atoms with E-state index in [-0.39, 0.29) is 41.8 Å². The number of carboxylic acid groups (broad SMARTS) is 1. The number of rotatable bonds is 12. The second-order valence-electron chi connectivity index (χ2n) is 17.3. The van der Waals surface area contributed by atoms with Crippen molar-refractivity contribution in [2.75, 3.05) is 0 Å². The van der Waals surface area contributed by atoms with Crippen molar-refractivity contribution >= 4 is 11.8 Å². The van der Waals surface area contributed by atoms with Crippen molar-refractivity contribution in [2.24, 2.45) is 41.4 Å². The lowest BCUT2D eigenvalue weighted by atomic mass is 9.74. The van der Waals surface area contributed by atoms with Crippen LogP contribution in [0.5, 0.6) is 0 Å². The molecule has 0 aliphatic carbocycles. The van der Waals surface area contributed by atoms with Crippen LogP contribution in [0, 0.1) is 41.4 Å². The summed E-state index contributed by atoms with van der Waals surface area (Å²) in [5, 5.41) is 44.1. The van der Waals surface area contributed by atoms with E-state index in [0.717, 1.165) is 6.42 Å². The summed E-state index contributed by atoms with van der Waals surface area (Å²) in [6, 6.07) is 0. The minimum absolute atomic E-state index is 0.0687. The Morgan fingerprint density at radius 3 is 2.15 bits per heavy atom. The zero-order valence-electron chi connectivity index (χ0n) is 33.5. The molecule has 3 fully saturated rings. The first-order valence-electron chi connectivity index (χ1n) is 20.3. The van der Waals surface area contributed by atoms with E-state index in [4.69, 9.17) is 24.0 Å². The van der Waals surface area contributed by atoms with Crippen molar-refractivity contribution in [3.05, 3.63) is 12.2 Å². The van der Waals surface area contributed by atoms with Gasteiger partial charge in [0, 0.05) is 24.2 Å². The number of hydrogen-bond acceptors (Lipinski definition) is 10. The molecule has 4 aliphatic rings. The molecule has 0 aromatic rings. The molecule has 4 N–H and O–H groups in total. The summed E-state index contributed by atoms with van der Waals surface area (Å²) in [4.78, 5) is 38.9. The fourth-order valence-electron chi connectivity index (χ4n) is 9.62. The highest BCUT2D eigenvalue weighted by Gasteiger charge is 2.58. The quantitative estimate of drug-likeness (QED) is 0.130. The Labute approximate surface area is 312 Å². The van der Waals surface area contributed by atoms with Crippen LogP contribution in [0.2, 0.25) is 0 Å². The molecule has 52 heavy (non-hydrogen) atoms. The lowest BCUT2D eigenvalue weighted by molar-refractivity contribution is -0.469. The van der Waals surface area contributed by atoms with Crippen LogP contribution in [0.25, 0.3) is 0 Å². The number of hydrogen-bond donors (Lipinski definition) is 4. The number of aliphatic hydroxyl groups excluding tert-OH is 2. The summed E-state index contributed by atoms with van der Waals surface area (Å²) in [6.07, 6.45) is 4.96. The molecule has 3 saturated heterocycles. The minimum atomic E-state index is -1.54. The Bertz CT molecular complexity index is 1230. The number of ketones is 1. The lowest BCUT2D eigenvalue weighted by Crippen LogP contribution is -2.56. The molecule has 17 atom stereocenters. The van der Waals surface area contributed by atoms with Gasteiger partial charge in [0.1, 0.15) is 18.0 Å². The van der Waals surface area contributed by atoms with Gasteiger partial charge < -0.3 is 34.6 Å². The highest BCUT2D eigenvalue weighted by molar-refractivity contribution is 5.84. The van der Waals surface area contributed by atoms with Crippen molar-refractivity contribution in [1.82, 2.24) is 0 Å². The van der Waals surface area contributed by atoms with Gasteiger partial charge in [0.05, 0.1) is 47.6 Å². The molecule has 0 unspecified atom stereocenters. The van der Waals surface area contributed by atoms with Gasteiger partial charge in [-0.25, -0.2) is 4.89 Å². The summed E-state index contributed by atoms with van der Waals surface area (Å²) >= 11 is 0. The van der Waals surface area contributed by atoms with E-state index >= 15 is 0 Å². The van der Waals surface area contributed by atoms with Gasteiger partial charge in [-0.15, -0.1) is 0 Å². The molecular weight excluding hydrogens is 668 g/mol. The number of carboxylic acids is 1. The van der Waals surface area contributed by atoms with Crippen molar-refractivity contribution in [1.29, 1.82) is 0 Å². The molecule has 11 nitrogen and oxygen atoms in total. The van der Waals surface area contributed by atoms with Crippen LogP contribution in [0.15, 0.2) is 12.2 Å². The maximum Gasteiger partial charge on any atom is 0.309 e. The molecule has 4 rings (SSSR count). The number of ether oxygens (including phenoxy) is 3. The first kappa shape index (κ1) is 43.3. The molecule has 0 aromatic carbocycles. The lowest BCUT2D eigenvalue weighted by Gasteiger charge is -2.47. The van der Waals surface area contributed by atoms with Crippen molar-refractivity contribution in [2.45, 2.75) is 193 Å². The van der Waals surface area contributed by atoms with E-state index < -0.39 is 71.0 Å². The third-order valence-electron chi connectivity index (χ3n) is 13.5. The normalized spacial score (nSPS) is 44.0. The number of Topliss-reactive ketones (excluding diaryl/α,β-unsaturated/α-hetero) is 1. The third-order valence-corrected chi connectivity index (χ3v) is 13.5. The Morgan fingerprint density at radius 1 is 0.885 bits per heavy atom. The van der Waals surface area contributed by atoms with Crippen molar-refractivity contribution in [3.63, 3.8) is 0 Å². The molecule has 1 spiro atoms. The van der Waals surface area contributed by atoms with E-state index in [0.29, 0.717) is 57.8 Å². The Kier molecular flexibility index (Phi) is 14.6. The highest BCUT2D eigenvalue weighted by Crippen LogP contribution is 2.48. The highest BCUT2D eigenvalue weighted by atomic mass is 17.2. The van der Waals surface area contributed by atoms with Crippen LogP contribution in [0.1, 0.15) is 133 Å².